The number of hydrogen-bond donors (Lipinski definition) is 0. The molecule has 4 amide bonds. The topological polar surface area (TPSA) is 73.4 Å². The van der Waals surface area contributed by atoms with E-state index in [1.165, 1.54) is 44.9 Å². The van der Waals surface area contributed by atoms with Crippen molar-refractivity contribution in [2.24, 2.45) is 0 Å². The summed E-state index contributed by atoms with van der Waals surface area (Å²) in [6.07, 6.45) is 6.31. The fourth-order valence-electron chi connectivity index (χ4n) is 4.45. The minimum atomic E-state index is -0.400. The third-order valence-corrected chi connectivity index (χ3v) is 6.61. The quantitative estimate of drug-likeness (QED) is 0.477. The van der Waals surface area contributed by atoms with Crippen LogP contribution in [0.2, 0.25) is 0 Å². The van der Waals surface area contributed by atoms with E-state index in [0.717, 1.165) is 23.3 Å². The fraction of sp³-hybridized carbons (Fsp3) is 0.640. The van der Waals surface area contributed by atoms with E-state index in [-0.39, 0.29) is 36.8 Å². The molecule has 0 saturated carbocycles. The van der Waals surface area contributed by atoms with Gasteiger partial charge in [-0.2, -0.15) is 0 Å². The number of urea groups is 1. The Morgan fingerprint density at radius 1 is 1.00 bits per heavy atom. The molecule has 1 atom stereocenters. The number of ether oxygens (including phenoxy) is 1. The van der Waals surface area contributed by atoms with Crippen molar-refractivity contribution >= 4 is 18.0 Å². The van der Waals surface area contributed by atoms with E-state index in [9.17, 15) is 18.8 Å². The number of hydrogen-bond acceptors (Lipinski definition) is 5. The molecule has 0 spiro atoms. The molecule has 1 aromatic carbocycles. The Balaban J connectivity index is 1.51. The number of carbonyl (C=O) groups is 3. The van der Waals surface area contributed by atoms with Gasteiger partial charge in [-0.05, 0) is 24.1 Å². The first-order chi connectivity index (χ1) is 16.4. The summed E-state index contributed by atoms with van der Waals surface area (Å²) < 4.78 is 18.7. The van der Waals surface area contributed by atoms with E-state index >= 15 is 0 Å². The van der Waals surface area contributed by atoms with Crippen molar-refractivity contribution in [1.29, 1.82) is 0 Å². The molecule has 2 aliphatic heterocycles. The highest BCUT2D eigenvalue weighted by Gasteiger charge is 2.41. The molecule has 2 saturated heterocycles. The van der Waals surface area contributed by atoms with Gasteiger partial charge < -0.3 is 14.5 Å². The molecule has 0 bridgehead atoms. The predicted molar refractivity (Wildman–Crippen MR) is 126 cm³/mol. The van der Waals surface area contributed by atoms with Crippen molar-refractivity contribution in [3.05, 3.63) is 35.6 Å². The number of carbonyl (C=O) groups excluding carboxylic acids is 3. The molecule has 2 aliphatic rings. The van der Waals surface area contributed by atoms with Crippen molar-refractivity contribution < 1.29 is 23.5 Å². The predicted octanol–water partition coefficient (Wildman–Crippen LogP) is 4.05. The Hall–Kier alpha value is -2.68. The fourth-order valence-corrected chi connectivity index (χ4v) is 4.45. The van der Waals surface area contributed by atoms with Crippen LogP contribution >= 0.6 is 0 Å². The van der Waals surface area contributed by atoms with Crippen LogP contribution in [-0.4, -0.2) is 83.6 Å². The normalized spacial score (nSPS) is 19.6. The SMILES string of the molecule is CCCCCCCCOC(=O)N1CCN(C2CC(=O)N(C)C(=O)N2Cc2ccc(F)cc2)CC1. The number of nitrogens with zero attached hydrogens (tertiary/aromatic N) is 4. The van der Waals surface area contributed by atoms with Crippen LogP contribution < -0.4 is 0 Å². The Labute approximate surface area is 201 Å². The van der Waals surface area contributed by atoms with E-state index in [4.69, 9.17) is 4.74 Å². The lowest BCUT2D eigenvalue weighted by Gasteiger charge is -2.46. The molecule has 3 rings (SSSR count). The molecule has 2 fully saturated rings. The Kier molecular flexibility index (Phi) is 9.68. The van der Waals surface area contributed by atoms with E-state index < -0.39 is 6.17 Å². The van der Waals surface area contributed by atoms with Gasteiger partial charge in [-0.15, -0.1) is 0 Å². The molecule has 0 aliphatic carbocycles. The van der Waals surface area contributed by atoms with Crippen LogP contribution in [0.4, 0.5) is 14.0 Å². The summed E-state index contributed by atoms with van der Waals surface area (Å²) in [6.45, 7) is 4.95. The highest BCUT2D eigenvalue weighted by Crippen LogP contribution is 2.24. The minimum absolute atomic E-state index is 0.186. The number of imide groups is 1. The van der Waals surface area contributed by atoms with Crippen molar-refractivity contribution in [2.45, 2.75) is 64.6 Å². The zero-order chi connectivity index (χ0) is 24.5. The molecule has 188 valence electrons. The van der Waals surface area contributed by atoms with Gasteiger partial charge in [-0.3, -0.25) is 14.6 Å². The zero-order valence-electron chi connectivity index (χ0n) is 20.4. The lowest BCUT2D eigenvalue weighted by Crippen LogP contribution is -2.63. The second kappa shape index (κ2) is 12.7. The van der Waals surface area contributed by atoms with Gasteiger partial charge in [0.05, 0.1) is 19.2 Å². The first-order valence-corrected chi connectivity index (χ1v) is 12.4. The molecular formula is C25H37FN4O4. The maximum absolute atomic E-state index is 13.3. The molecule has 0 radical (unpaired) electrons. The summed E-state index contributed by atoms with van der Waals surface area (Å²) in [4.78, 5) is 44.3. The standard InChI is InChI=1S/C25H37FN4O4/c1-3-4-5-6-7-8-17-34-25(33)29-15-13-28(14-16-29)22-18-23(31)27(2)24(32)30(22)19-20-9-11-21(26)12-10-20/h9-12,22H,3-8,13-19H2,1-2H3. The third-order valence-electron chi connectivity index (χ3n) is 6.61. The maximum Gasteiger partial charge on any atom is 0.409 e. The number of halogens is 1. The Morgan fingerprint density at radius 2 is 1.65 bits per heavy atom. The van der Waals surface area contributed by atoms with Crippen LogP contribution in [0.15, 0.2) is 24.3 Å². The monoisotopic (exact) mass is 476 g/mol. The Bertz CT molecular complexity index is 827. The summed E-state index contributed by atoms with van der Waals surface area (Å²) in [5.41, 5.74) is 0.791. The highest BCUT2D eigenvalue weighted by molar-refractivity contribution is 5.96. The average molecular weight is 477 g/mol. The van der Waals surface area contributed by atoms with Crippen molar-refractivity contribution in [3.63, 3.8) is 0 Å². The molecular weight excluding hydrogens is 439 g/mol. The summed E-state index contributed by atoms with van der Waals surface area (Å²) in [6, 6.07) is 5.65. The number of benzene rings is 1. The molecule has 8 nitrogen and oxygen atoms in total. The van der Waals surface area contributed by atoms with Crippen molar-refractivity contribution in [2.75, 3.05) is 39.8 Å². The van der Waals surface area contributed by atoms with Gasteiger partial charge in [0.25, 0.3) is 0 Å². The van der Waals surface area contributed by atoms with E-state index in [1.807, 2.05) is 0 Å². The largest absolute Gasteiger partial charge is 0.449 e. The second-order valence-electron chi connectivity index (χ2n) is 9.08. The maximum atomic E-state index is 13.3. The lowest BCUT2D eigenvalue weighted by atomic mass is 10.1. The van der Waals surface area contributed by atoms with Crippen LogP contribution in [0.3, 0.4) is 0 Å². The third kappa shape index (κ3) is 6.91. The van der Waals surface area contributed by atoms with Gasteiger partial charge >= 0.3 is 12.1 Å². The number of unbranched alkanes of at least 4 members (excludes halogenated alkanes) is 5. The van der Waals surface area contributed by atoms with Crippen LogP contribution in [0.25, 0.3) is 0 Å². The summed E-state index contributed by atoms with van der Waals surface area (Å²) in [5, 5.41) is 0. The lowest BCUT2D eigenvalue weighted by molar-refractivity contribution is -0.135. The van der Waals surface area contributed by atoms with E-state index in [2.05, 4.69) is 11.8 Å². The summed E-state index contributed by atoms with van der Waals surface area (Å²) >= 11 is 0. The van der Waals surface area contributed by atoms with Gasteiger partial charge in [-0.25, -0.2) is 14.0 Å². The van der Waals surface area contributed by atoms with Crippen molar-refractivity contribution in [1.82, 2.24) is 19.6 Å². The van der Waals surface area contributed by atoms with Crippen LogP contribution in [0, 0.1) is 5.82 Å². The van der Waals surface area contributed by atoms with Gasteiger partial charge in [0, 0.05) is 39.8 Å². The minimum Gasteiger partial charge on any atom is -0.449 e. The van der Waals surface area contributed by atoms with Gasteiger partial charge in [0.2, 0.25) is 5.91 Å². The van der Waals surface area contributed by atoms with Crippen LogP contribution in [0.5, 0.6) is 0 Å². The number of rotatable bonds is 10. The number of amides is 4. The first kappa shape index (κ1) is 25.9. The molecule has 9 heteroatoms. The molecule has 1 unspecified atom stereocenters. The highest BCUT2D eigenvalue weighted by atomic mass is 19.1. The van der Waals surface area contributed by atoms with Crippen LogP contribution in [-0.2, 0) is 16.1 Å². The molecule has 34 heavy (non-hydrogen) atoms. The average Bonchev–Trinajstić information content (AvgIpc) is 2.85. The number of piperazine rings is 1. The van der Waals surface area contributed by atoms with E-state index in [0.29, 0.717) is 32.8 Å². The smallest absolute Gasteiger partial charge is 0.409 e. The second-order valence-corrected chi connectivity index (χ2v) is 9.08. The van der Waals surface area contributed by atoms with Crippen LogP contribution in [0.1, 0.15) is 57.4 Å². The summed E-state index contributed by atoms with van der Waals surface area (Å²) in [7, 11) is 1.48. The Morgan fingerprint density at radius 3 is 2.32 bits per heavy atom. The molecule has 1 aromatic rings. The molecule has 0 aromatic heterocycles. The van der Waals surface area contributed by atoms with E-state index in [1.54, 1.807) is 21.9 Å². The van der Waals surface area contributed by atoms with Crippen molar-refractivity contribution in [3.8, 4) is 0 Å². The molecule has 2 heterocycles. The zero-order valence-corrected chi connectivity index (χ0v) is 20.4. The van der Waals surface area contributed by atoms with Gasteiger partial charge in [0.1, 0.15) is 5.82 Å². The molecule has 0 N–H and O–H groups in total. The van der Waals surface area contributed by atoms with Gasteiger partial charge in [0.15, 0.2) is 0 Å². The summed E-state index contributed by atoms with van der Waals surface area (Å²) in [5.74, 6) is -0.566. The first-order valence-electron chi connectivity index (χ1n) is 12.4. The van der Waals surface area contributed by atoms with Gasteiger partial charge in [-0.1, -0.05) is 51.2 Å².